The highest BCUT2D eigenvalue weighted by Crippen LogP contribution is 2.49. The summed E-state index contributed by atoms with van der Waals surface area (Å²) in [7, 11) is 4.24. The zero-order valence-corrected chi connectivity index (χ0v) is 32.7. The first-order chi connectivity index (χ1) is 26.4. The van der Waals surface area contributed by atoms with Gasteiger partial charge in [-0.2, -0.15) is 10.5 Å². The number of fused-ring (bicyclic) bond motifs is 7. The number of anilines is 4. The number of hydrogen-bond donors (Lipinski definition) is 0. The molecular weight excluding hydrogens is 701 g/mol. The van der Waals surface area contributed by atoms with E-state index in [0.29, 0.717) is 11.4 Å². The highest BCUT2D eigenvalue weighted by molar-refractivity contribution is 8.00. The van der Waals surface area contributed by atoms with Crippen molar-refractivity contribution in [3.05, 3.63) is 144 Å². The number of nitrogens with zero attached hydrogens (tertiary/aromatic N) is 6. The lowest BCUT2D eigenvalue weighted by Crippen LogP contribution is -2.14. The van der Waals surface area contributed by atoms with Crippen LogP contribution in [0.15, 0.2) is 141 Å². The second kappa shape index (κ2) is 15.5. The lowest BCUT2D eigenvalue weighted by molar-refractivity contribution is 1.11. The lowest BCUT2D eigenvalue weighted by Gasteiger charge is -2.29. The second-order valence-corrected chi connectivity index (χ2v) is 14.8. The summed E-state index contributed by atoms with van der Waals surface area (Å²) >= 11 is 3.69. The molecule has 6 aromatic carbocycles. The minimum atomic E-state index is 0.0829. The van der Waals surface area contributed by atoms with Gasteiger partial charge in [0.25, 0.3) is 0 Å². The zero-order valence-electron chi connectivity index (χ0n) is 31.0. The molecule has 0 saturated heterocycles. The van der Waals surface area contributed by atoms with Gasteiger partial charge in [0.2, 0.25) is 0 Å². The van der Waals surface area contributed by atoms with Crippen LogP contribution in [0, 0.1) is 36.5 Å². The molecule has 6 nitrogen and oxygen atoms in total. The Labute approximate surface area is 325 Å². The molecule has 1 aliphatic carbocycles. The Balaban J connectivity index is 0.000000125. The molecule has 264 valence electrons. The van der Waals surface area contributed by atoms with Crippen molar-refractivity contribution >= 4 is 57.0 Å². The maximum Gasteiger partial charge on any atom is 0.177 e. The van der Waals surface area contributed by atoms with Gasteiger partial charge >= 0.3 is 0 Å². The molecule has 7 aromatic rings. The first-order valence-electron chi connectivity index (χ1n) is 17.8. The fourth-order valence-corrected chi connectivity index (χ4v) is 9.31. The summed E-state index contributed by atoms with van der Waals surface area (Å²) < 4.78 is 0. The van der Waals surface area contributed by atoms with Gasteiger partial charge in [0, 0.05) is 50.2 Å². The molecule has 0 amide bonds. The fraction of sp³-hybridized carbons (Fsp3) is 0.130. The average molecular weight is 739 g/mol. The Bertz CT molecular complexity index is 2370. The predicted octanol–water partition coefficient (Wildman–Crippen LogP) is 12.5. The van der Waals surface area contributed by atoms with Gasteiger partial charge in [-0.3, -0.25) is 0 Å². The molecule has 54 heavy (non-hydrogen) atoms. The van der Waals surface area contributed by atoms with Crippen molar-refractivity contribution in [2.24, 2.45) is 0 Å². The summed E-state index contributed by atoms with van der Waals surface area (Å²) in [5, 5.41) is 20.7. The largest absolute Gasteiger partial charge is 0.343 e. The lowest BCUT2D eigenvalue weighted by atomic mass is 9.96. The molecule has 8 heteroatoms. The van der Waals surface area contributed by atoms with Crippen molar-refractivity contribution in [2.45, 2.75) is 47.3 Å². The van der Waals surface area contributed by atoms with E-state index in [1.54, 1.807) is 0 Å². The Morgan fingerprint density at radius 1 is 0.463 bits per heavy atom. The molecule has 10 rings (SSSR count). The fourth-order valence-electron chi connectivity index (χ4n) is 7.01. The number of hydrogen-bond acceptors (Lipinski definition) is 8. The van der Waals surface area contributed by atoms with E-state index >= 15 is 0 Å². The van der Waals surface area contributed by atoms with E-state index in [-0.39, 0.29) is 11.4 Å². The van der Waals surface area contributed by atoms with Gasteiger partial charge in [0.15, 0.2) is 11.4 Å². The van der Waals surface area contributed by atoms with E-state index in [1.165, 1.54) is 58.8 Å². The van der Waals surface area contributed by atoms with Crippen LogP contribution in [-0.2, 0) is 0 Å². The van der Waals surface area contributed by atoms with Crippen LogP contribution < -0.4 is 9.80 Å². The van der Waals surface area contributed by atoms with E-state index < -0.39 is 0 Å². The Morgan fingerprint density at radius 3 is 1.09 bits per heavy atom. The van der Waals surface area contributed by atoms with Crippen molar-refractivity contribution in [2.75, 3.05) is 23.9 Å². The first-order valence-corrected chi connectivity index (χ1v) is 19.5. The van der Waals surface area contributed by atoms with Crippen molar-refractivity contribution in [1.29, 1.82) is 10.5 Å². The van der Waals surface area contributed by atoms with Gasteiger partial charge in [-0.05, 0) is 78.9 Å². The van der Waals surface area contributed by atoms with Crippen LogP contribution in [0.4, 0.5) is 22.7 Å². The van der Waals surface area contributed by atoms with Crippen LogP contribution in [0.25, 0.3) is 33.3 Å². The number of aryl methyl sites for hydroxylation is 2. The third-order valence-corrected chi connectivity index (χ3v) is 11.8. The Hall–Kier alpha value is -6.06. The summed E-state index contributed by atoms with van der Waals surface area (Å²) in [5.41, 5.74) is 11.1. The zero-order chi connectivity index (χ0) is 37.9. The van der Waals surface area contributed by atoms with E-state index in [2.05, 4.69) is 157 Å². The van der Waals surface area contributed by atoms with Crippen molar-refractivity contribution in [3.8, 4) is 34.7 Å². The Morgan fingerprint density at radius 2 is 0.778 bits per heavy atom. The maximum atomic E-state index is 9.18. The minimum absolute atomic E-state index is 0.0829. The summed E-state index contributed by atoms with van der Waals surface area (Å²) in [6.45, 7) is 8.17. The number of para-hydroxylation sites is 4. The number of rotatable bonds is 0. The predicted molar refractivity (Wildman–Crippen MR) is 224 cm³/mol. The molecule has 0 fully saturated rings. The van der Waals surface area contributed by atoms with Gasteiger partial charge in [-0.1, -0.05) is 110 Å². The molecule has 1 aromatic heterocycles. The summed E-state index contributed by atoms with van der Waals surface area (Å²) in [6.07, 6.45) is 0. The van der Waals surface area contributed by atoms with Crippen molar-refractivity contribution in [3.63, 3.8) is 0 Å². The van der Waals surface area contributed by atoms with E-state index in [4.69, 9.17) is 0 Å². The van der Waals surface area contributed by atoms with Crippen LogP contribution in [0.3, 0.4) is 0 Å². The molecule has 0 bridgehead atoms. The van der Waals surface area contributed by atoms with Gasteiger partial charge in [-0.25, -0.2) is 9.97 Å². The highest BCUT2D eigenvalue weighted by Gasteiger charge is 2.27. The van der Waals surface area contributed by atoms with Crippen LogP contribution >= 0.6 is 23.5 Å². The first kappa shape index (κ1) is 36.3. The maximum absolute atomic E-state index is 9.18. The summed E-state index contributed by atoms with van der Waals surface area (Å²) in [5.74, 6) is 0. The van der Waals surface area contributed by atoms with Crippen LogP contribution in [0.2, 0.25) is 0 Å². The van der Waals surface area contributed by atoms with Gasteiger partial charge in [-0.15, -0.1) is 0 Å². The van der Waals surface area contributed by atoms with Crippen LogP contribution in [0.1, 0.15) is 36.4 Å². The molecule has 0 atom stereocenters. The van der Waals surface area contributed by atoms with Gasteiger partial charge < -0.3 is 9.80 Å². The monoisotopic (exact) mass is 738 g/mol. The molecule has 0 N–H and O–H groups in total. The smallest absolute Gasteiger partial charge is 0.177 e. The topological polar surface area (TPSA) is 79.8 Å². The molecule has 0 unspecified atom stereocenters. The van der Waals surface area contributed by atoms with Gasteiger partial charge in [0.05, 0.1) is 34.1 Å². The molecule has 0 radical (unpaired) electrons. The standard InChI is InChI=1S/C18H10N4.2C13H11NS.C2H6/c1-9-3-5-11-16-12(6-4-10(2)15(9)16)18-17(11)21-13(7-19)14(8-20)22-18;2*1-14-10-6-2-4-8-12(10)15-13-9-5-3-7-11(13)14;1-2/h3-6H,1-2H3;2*2-9H,1H3;1-2H3. The summed E-state index contributed by atoms with van der Waals surface area (Å²) in [6, 6.07) is 46.2. The van der Waals surface area contributed by atoms with E-state index in [1.807, 2.05) is 61.6 Å². The quantitative estimate of drug-likeness (QED) is 0.152. The minimum Gasteiger partial charge on any atom is -0.343 e. The van der Waals surface area contributed by atoms with Crippen LogP contribution in [0.5, 0.6) is 0 Å². The molecule has 3 heterocycles. The third kappa shape index (κ3) is 6.45. The number of aromatic nitrogens is 2. The Kier molecular flexibility index (Phi) is 10.4. The SMILES string of the molecule is CC.CN1c2ccccc2Sc2ccccc21.CN1c2ccccc2Sc2ccccc21.Cc1ccc2c3c(ccc(C)c13)-c1nc(C#N)c(C#N)nc1-2. The number of benzene rings is 6. The molecular formula is C46H38N6S2. The normalized spacial score (nSPS) is 12.0. The second-order valence-electron chi connectivity index (χ2n) is 12.6. The molecule has 0 spiro atoms. The van der Waals surface area contributed by atoms with Crippen molar-refractivity contribution < 1.29 is 0 Å². The molecule has 2 aliphatic heterocycles. The van der Waals surface area contributed by atoms with Crippen molar-refractivity contribution in [1.82, 2.24) is 9.97 Å². The average Bonchev–Trinajstić information content (AvgIpc) is 3.53. The highest BCUT2D eigenvalue weighted by atomic mass is 32.2. The number of nitriles is 2. The van der Waals surface area contributed by atoms with E-state index in [0.717, 1.165) is 16.5 Å². The third-order valence-electron chi connectivity index (χ3n) is 9.54. The van der Waals surface area contributed by atoms with Crippen LogP contribution in [-0.4, -0.2) is 24.1 Å². The van der Waals surface area contributed by atoms with E-state index in [9.17, 15) is 10.5 Å². The molecule has 0 saturated carbocycles. The summed E-state index contributed by atoms with van der Waals surface area (Å²) in [4.78, 5) is 18.6. The molecule has 3 aliphatic rings. The van der Waals surface area contributed by atoms with Gasteiger partial charge in [0.1, 0.15) is 12.1 Å².